The minimum absolute atomic E-state index is 0.254. The van der Waals surface area contributed by atoms with E-state index in [1.54, 1.807) is 26.5 Å². The highest BCUT2D eigenvalue weighted by Gasteiger charge is 2.29. The number of aromatic nitrogens is 1. The summed E-state index contributed by atoms with van der Waals surface area (Å²) in [4.78, 5) is 22.4. The Bertz CT molecular complexity index is 1060. The van der Waals surface area contributed by atoms with Gasteiger partial charge in [0.15, 0.2) is 11.5 Å². The van der Waals surface area contributed by atoms with Crippen LogP contribution >= 0.6 is 0 Å². The molecule has 1 aliphatic rings. The van der Waals surface area contributed by atoms with E-state index < -0.39 is 6.10 Å². The number of fused-ring (bicyclic) bond motifs is 1. The van der Waals surface area contributed by atoms with Crippen LogP contribution in [-0.4, -0.2) is 36.9 Å². The Balaban J connectivity index is 1.48. The van der Waals surface area contributed by atoms with Crippen molar-refractivity contribution in [3.05, 3.63) is 60.3 Å². The number of nitrogens with one attached hydrogen (secondary N) is 1. The molecule has 0 aliphatic carbocycles. The van der Waals surface area contributed by atoms with Crippen LogP contribution in [0.25, 0.3) is 10.9 Å². The van der Waals surface area contributed by atoms with Gasteiger partial charge in [-0.15, -0.1) is 0 Å². The lowest BCUT2D eigenvalue weighted by molar-refractivity contribution is -0.125. The molecule has 1 atom stereocenters. The van der Waals surface area contributed by atoms with Crippen LogP contribution in [-0.2, 0) is 9.63 Å². The van der Waals surface area contributed by atoms with Gasteiger partial charge in [0.25, 0.3) is 5.91 Å². The Morgan fingerprint density at radius 3 is 2.79 bits per heavy atom. The lowest BCUT2D eigenvalue weighted by Gasteiger charge is -2.11. The number of carbonyl (C=O) groups is 1. The van der Waals surface area contributed by atoms with E-state index in [2.05, 4.69) is 15.5 Å². The number of anilines is 1. The number of hydrogen-bond acceptors (Lipinski definition) is 6. The first-order valence-corrected chi connectivity index (χ1v) is 8.79. The first kappa shape index (κ1) is 17.8. The molecule has 0 saturated carbocycles. The maximum absolute atomic E-state index is 12.7. The van der Waals surface area contributed by atoms with Gasteiger partial charge < -0.3 is 19.6 Å². The third-order valence-corrected chi connectivity index (χ3v) is 4.58. The zero-order valence-electron chi connectivity index (χ0n) is 15.5. The van der Waals surface area contributed by atoms with Crippen LogP contribution in [0.1, 0.15) is 12.0 Å². The molecule has 0 fully saturated rings. The van der Waals surface area contributed by atoms with Gasteiger partial charge >= 0.3 is 0 Å². The molecular weight excluding hydrogens is 358 g/mol. The zero-order valence-corrected chi connectivity index (χ0v) is 15.5. The Hall–Kier alpha value is -3.61. The maximum Gasteiger partial charge on any atom is 0.268 e. The van der Waals surface area contributed by atoms with Crippen molar-refractivity contribution in [3.63, 3.8) is 0 Å². The molecule has 1 aromatic heterocycles. The molecule has 1 aliphatic heterocycles. The summed E-state index contributed by atoms with van der Waals surface area (Å²) in [6.45, 7) is 0. The number of carbonyl (C=O) groups excluding carboxylic acids is 1. The Morgan fingerprint density at radius 1 is 1.11 bits per heavy atom. The fraction of sp³-hybridized carbons (Fsp3) is 0.190. The van der Waals surface area contributed by atoms with E-state index in [1.165, 1.54) is 0 Å². The fourth-order valence-corrected chi connectivity index (χ4v) is 3.13. The largest absolute Gasteiger partial charge is 0.493 e. The highest BCUT2D eigenvalue weighted by atomic mass is 16.6. The standard InChI is InChI=1S/C21H19N3O4/c1-26-18-9-8-13(11-19(18)27-2)17-12-20(28-24-17)21(25)23-16-7-3-6-15-14(16)5-4-10-22-15/h3-11,20H,12H2,1-2H3,(H,23,25). The predicted molar refractivity (Wildman–Crippen MR) is 106 cm³/mol. The lowest BCUT2D eigenvalue weighted by Crippen LogP contribution is -2.28. The molecule has 1 amide bonds. The Kier molecular flexibility index (Phi) is 4.80. The van der Waals surface area contributed by atoms with E-state index >= 15 is 0 Å². The number of oxime groups is 1. The monoisotopic (exact) mass is 377 g/mol. The van der Waals surface area contributed by atoms with Gasteiger partial charge in [0.1, 0.15) is 0 Å². The van der Waals surface area contributed by atoms with E-state index in [1.807, 2.05) is 42.5 Å². The minimum Gasteiger partial charge on any atom is -0.493 e. The third kappa shape index (κ3) is 3.34. The zero-order chi connectivity index (χ0) is 19.5. The Morgan fingerprint density at radius 2 is 1.96 bits per heavy atom. The van der Waals surface area contributed by atoms with Gasteiger partial charge in [0.2, 0.25) is 6.10 Å². The van der Waals surface area contributed by atoms with Gasteiger partial charge in [0.05, 0.1) is 31.1 Å². The van der Waals surface area contributed by atoms with E-state index in [0.717, 1.165) is 16.5 Å². The molecule has 1 N–H and O–H groups in total. The summed E-state index contributed by atoms with van der Waals surface area (Å²) in [7, 11) is 3.15. The van der Waals surface area contributed by atoms with Gasteiger partial charge in [0, 0.05) is 23.6 Å². The first-order valence-electron chi connectivity index (χ1n) is 8.79. The maximum atomic E-state index is 12.7. The van der Waals surface area contributed by atoms with E-state index in [0.29, 0.717) is 29.3 Å². The number of nitrogens with zero attached hydrogens (tertiary/aromatic N) is 2. The van der Waals surface area contributed by atoms with Gasteiger partial charge in [-0.2, -0.15) is 0 Å². The van der Waals surface area contributed by atoms with Crippen molar-refractivity contribution in [1.82, 2.24) is 4.98 Å². The van der Waals surface area contributed by atoms with Gasteiger partial charge in [-0.05, 0) is 42.5 Å². The summed E-state index contributed by atoms with van der Waals surface area (Å²) < 4.78 is 10.6. The molecule has 0 bridgehead atoms. The molecule has 7 nitrogen and oxygen atoms in total. The van der Waals surface area contributed by atoms with Gasteiger partial charge in [-0.3, -0.25) is 9.78 Å². The predicted octanol–water partition coefficient (Wildman–Crippen LogP) is 3.38. The second kappa shape index (κ2) is 7.56. The van der Waals surface area contributed by atoms with Crippen LogP contribution < -0.4 is 14.8 Å². The number of pyridine rings is 1. The molecule has 1 unspecified atom stereocenters. The summed E-state index contributed by atoms with van der Waals surface area (Å²) in [5.41, 5.74) is 3.01. The summed E-state index contributed by atoms with van der Waals surface area (Å²) in [6.07, 6.45) is 1.39. The van der Waals surface area contributed by atoms with E-state index in [9.17, 15) is 4.79 Å². The molecule has 142 valence electrons. The van der Waals surface area contributed by atoms with Crippen molar-refractivity contribution in [2.75, 3.05) is 19.5 Å². The number of hydrogen-bond donors (Lipinski definition) is 1. The normalized spacial score (nSPS) is 15.6. The van der Waals surface area contributed by atoms with E-state index in [4.69, 9.17) is 14.3 Å². The summed E-state index contributed by atoms with van der Waals surface area (Å²) in [5, 5.41) is 7.88. The average molecular weight is 377 g/mol. The molecule has 0 spiro atoms. The molecule has 0 saturated heterocycles. The number of ether oxygens (including phenoxy) is 2. The lowest BCUT2D eigenvalue weighted by atomic mass is 10.0. The van der Waals surface area contributed by atoms with Crippen LogP contribution in [0.2, 0.25) is 0 Å². The summed E-state index contributed by atoms with van der Waals surface area (Å²) in [5.74, 6) is 0.971. The smallest absolute Gasteiger partial charge is 0.268 e. The van der Waals surface area contributed by atoms with Gasteiger partial charge in [-0.1, -0.05) is 11.2 Å². The second-order valence-corrected chi connectivity index (χ2v) is 6.27. The molecule has 2 heterocycles. The van der Waals surface area contributed by atoms with Crippen LogP contribution in [0.15, 0.2) is 59.9 Å². The minimum atomic E-state index is -0.699. The fourth-order valence-electron chi connectivity index (χ4n) is 3.13. The highest BCUT2D eigenvalue weighted by molar-refractivity contribution is 6.08. The van der Waals surface area contributed by atoms with Crippen molar-refractivity contribution < 1.29 is 19.1 Å². The van der Waals surface area contributed by atoms with Crippen LogP contribution in [0.5, 0.6) is 11.5 Å². The molecule has 7 heteroatoms. The summed E-state index contributed by atoms with van der Waals surface area (Å²) in [6, 6.07) is 14.8. The molecule has 4 rings (SSSR count). The molecule has 0 radical (unpaired) electrons. The third-order valence-electron chi connectivity index (χ3n) is 4.58. The Labute approximate surface area is 161 Å². The van der Waals surface area contributed by atoms with Crippen LogP contribution in [0.3, 0.4) is 0 Å². The SMILES string of the molecule is COc1ccc(C2=NOC(C(=O)Nc3cccc4ncccc34)C2)cc1OC. The first-order chi connectivity index (χ1) is 13.7. The van der Waals surface area contributed by atoms with Crippen LogP contribution in [0.4, 0.5) is 5.69 Å². The number of amides is 1. The van der Waals surface area contributed by atoms with Crippen LogP contribution in [0, 0.1) is 0 Å². The quantitative estimate of drug-likeness (QED) is 0.737. The van der Waals surface area contributed by atoms with Crippen molar-refractivity contribution in [1.29, 1.82) is 0 Å². The highest BCUT2D eigenvalue weighted by Crippen LogP contribution is 2.30. The topological polar surface area (TPSA) is 82.0 Å². The second-order valence-electron chi connectivity index (χ2n) is 6.27. The molecule has 2 aromatic carbocycles. The molecular formula is C21H19N3O4. The number of rotatable bonds is 5. The average Bonchev–Trinajstić information content (AvgIpc) is 3.24. The van der Waals surface area contributed by atoms with Crippen molar-refractivity contribution in [2.24, 2.45) is 5.16 Å². The van der Waals surface area contributed by atoms with E-state index in [-0.39, 0.29) is 5.91 Å². The summed E-state index contributed by atoms with van der Waals surface area (Å²) >= 11 is 0. The number of methoxy groups -OCH3 is 2. The van der Waals surface area contributed by atoms with Crippen molar-refractivity contribution in [3.8, 4) is 11.5 Å². The van der Waals surface area contributed by atoms with Gasteiger partial charge in [-0.25, -0.2) is 0 Å². The molecule has 28 heavy (non-hydrogen) atoms. The number of benzene rings is 2. The molecule has 3 aromatic rings. The van der Waals surface area contributed by atoms with Crippen molar-refractivity contribution in [2.45, 2.75) is 12.5 Å². The van der Waals surface area contributed by atoms with Crippen molar-refractivity contribution >= 4 is 28.2 Å².